The molecule has 0 radical (unpaired) electrons. The number of amides is 1. The zero-order valence-corrected chi connectivity index (χ0v) is 14.0. The van der Waals surface area contributed by atoms with E-state index in [4.69, 9.17) is 21.1 Å². The number of carbonyl (C=O) groups is 2. The van der Waals surface area contributed by atoms with Gasteiger partial charge in [0.2, 0.25) is 5.91 Å². The molecule has 2 rings (SSSR count). The Kier molecular flexibility index (Phi) is 6.12. The van der Waals surface area contributed by atoms with Crippen molar-refractivity contribution >= 4 is 40.9 Å². The number of nitrogens with one attached hydrogen (secondary N) is 1. The van der Waals surface area contributed by atoms with E-state index >= 15 is 0 Å². The molecule has 0 aliphatic carbocycles. The number of carbonyl (C=O) groups excluding carboxylic acids is 1. The highest BCUT2D eigenvalue weighted by molar-refractivity contribution is 7.99. The van der Waals surface area contributed by atoms with Crippen molar-refractivity contribution in [3.8, 4) is 0 Å². The number of benzene rings is 1. The van der Waals surface area contributed by atoms with Gasteiger partial charge in [-0.1, -0.05) is 18.5 Å². The lowest BCUT2D eigenvalue weighted by Gasteiger charge is -2.15. The summed E-state index contributed by atoms with van der Waals surface area (Å²) in [5.41, 5.74) is 0.370. The van der Waals surface area contributed by atoms with E-state index in [0.29, 0.717) is 22.9 Å². The molecule has 122 valence electrons. The highest BCUT2D eigenvalue weighted by Gasteiger charge is 2.19. The molecule has 1 aromatic carbocycles. The van der Waals surface area contributed by atoms with Gasteiger partial charge in [0, 0.05) is 0 Å². The fraction of sp³-hybridized carbons (Fsp3) is 0.250. The zero-order chi connectivity index (χ0) is 16.8. The van der Waals surface area contributed by atoms with Crippen LogP contribution in [0.4, 0.5) is 5.69 Å². The maximum Gasteiger partial charge on any atom is 0.335 e. The molecular weight excluding hydrogens is 338 g/mol. The van der Waals surface area contributed by atoms with Crippen molar-refractivity contribution in [2.45, 2.75) is 24.3 Å². The Labute approximate surface area is 143 Å². The molecule has 0 aliphatic heterocycles. The monoisotopic (exact) mass is 353 g/mol. The normalized spacial score (nSPS) is 11.9. The van der Waals surface area contributed by atoms with Gasteiger partial charge in [-0.25, -0.2) is 4.79 Å². The van der Waals surface area contributed by atoms with E-state index in [1.54, 1.807) is 12.3 Å². The summed E-state index contributed by atoms with van der Waals surface area (Å²) in [5, 5.41) is 11.7. The van der Waals surface area contributed by atoms with Gasteiger partial charge in [-0.15, -0.1) is 11.8 Å². The molecule has 1 unspecified atom stereocenters. The van der Waals surface area contributed by atoms with E-state index in [2.05, 4.69) is 5.32 Å². The minimum atomic E-state index is -1.07. The lowest BCUT2D eigenvalue weighted by Crippen LogP contribution is -2.25. The minimum Gasteiger partial charge on any atom is -0.478 e. The second kappa shape index (κ2) is 8.08. The van der Waals surface area contributed by atoms with E-state index in [1.165, 1.54) is 30.0 Å². The average Bonchev–Trinajstić information content (AvgIpc) is 3.03. The van der Waals surface area contributed by atoms with Gasteiger partial charge in [-0.3, -0.25) is 4.79 Å². The molecular formula is C16H16ClNO4S. The Morgan fingerprint density at radius 1 is 1.39 bits per heavy atom. The highest BCUT2D eigenvalue weighted by Crippen LogP contribution is 2.26. The number of thioether (sulfide) groups is 1. The van der Waals surface area contributed by atoms with Crippen LogP contribution in [0.5, 0.6) is 0 Å². The van der Waals surface area contributed by atoms with Gasteiger partial charge in [-0.2, -0.15) is 0 Å². The van der Waals surface area contributed by atoms with Crippen LogP contribution in [0.3, 0.4) is 0 Å². The Morgan fingerprint density at radius 2 is 2.17 bits per heavy atom. The van der Waals surface area contributed by atoms with Crippen LogP contribution < -0.4 is 5.32 Å². The molecule has 1 aromatic heterocycles. The maximum absolute atomic E-state index is 12.4. The number of hydrogen-bond donors (Lipinski definition) is 2. The molecule has 1 amide bonds. The van der Waals surface area contributed by atoms with Crippen molar-refractivity contribution in [2.75, 3.05) is 5.32 Å². The summed E-state index contributed by atoms with van der Waals surface area (Å²) in [6.07, 6.45) is 2.22. The Balaban J connectivity index is 2.04. The maximum atomic E-state index is 12.4. The number of aromatic carboxylic acids is 1. The predicted molar refractivity (Wildman–Crippen MR) is 91.1 cm³/mol. The molecule has 1 atom stereocenters. The fourth-order valence-electron chi connectivity index (χ4n) is 1.92. The molecule has 7 heteroatoms. The van der Waals surface area contributed by atoms with Crippen LogP contribution in [-0.4, -0.2) is 22.2 Å². The van der Waals surface area contributed by atoms with Gasteiger partial charge in [0.15, 0.2) is 0 Å². The molecule has 5 nitrogen and oxygen atoms in total. The van der Waals surface area contributed by atoms with Crippen molar-refractivity contribution < 1.29 is 19.1 Å². The molecule has 0 bridgehead atoms. The largest absolute Gasteiger partial charge is 0.478 e. The van der Waals surface area contributed by atoms with Crippen molar-refractivity contribution in [2.24, 2.45) is 0 Å². The molecule has 2 N–H and O–H groups in total. The lowest BCUT2D eigenvalue weighted by molar-refractivity contribution is -0.115. The fourth-order valence-corrected chi connectivity index (χ4v) is 3.06. The highest BCUT2D eigenvalue weighted by atomic mass is 35.5. The first-order valence-electron chi connectivity index (χ1n) is 6.99. The number of furan rings is 1. The molecule has 0 saturated heterocycles. The molecule has 0 spiro atoms. The van der Waals surface area contributed by atoms with Crippen LogP contribution in [0.25, 0.3) is 0 Å². The Morgan fingerprint density at radius 3 is 2.78 bits per heavy atom. The van der Waals surface area contributed by atoms with E-state index in [9.17, 15) is 9.59 Å². The van der Waals surface area contributed by atoms with Crippen LogP contribution in [0.2, 0.25) is 5.02 Å². The van der Waals surface area contributed by atoms with Crippen LogP contribution >= 0.6 is 23.4 Å². The SMILES string of the molecule is CCC(SCc1ccco1)C(=O)Nc1cc(C(=O)O)ccc1Cl. The smallest absolute Gasteiger partial charge is 0.335 e. The van der Waals surface area contributed by atoms with Crippen molar-refractivity contribution in [1.82, 2.24) is 0 Å². The third-order valence-corrected chi connectivity index (χ3v) is 4.87. The van der Waals surface area contributed by atoms with Gasteiger partial charge < -0.3 is 14.8 Å². The summed E-state index contributed by atoms with van der Waals surface area (Å²) in [6, 6.07) is 7.85. The van der Waals surface area contributed by atoms with Crippen LogP contribution in [-0.2, 0) is 10.5 Å². The Hall–Kier alpha value is -1.92. The third-order valence-electron chi connectivity index (χ3n) is 3.14. The van der Waals surface area contributed by atoms with Crippen molar-refractivity contribution in [3.63, 3.8) is 0 Å². The van der Waals surface area contributed by atoms with E-state index in [1.807, 2.05) is 13.0 Å². The summed E-state index contributed by atoms with van der Waals surface area (Å²) in [4.78, 5) is 23.4. The summed E-state index contributed by atoms with van der Waals surface area (Å²) in [5.74, 6) is 0.0963. The third kappa shape index (κ3) is 4.77. The first kappa shape index (κ1) is 17.4. The lowest BCUT2D eigenvalue weighted by atomic mass is 10.2. The topological polar surface area (TPSA) is 79.5 Å². The second-order valence-corrected chi connectivity index (χ2v) is 6.37. The number of halogens is 1. The van der Waals surface area contributed by atoms with E-state index in [0.717, 1.165) is 5.76 Å². The first-order valence-corrected chi connectivity index (χ1v) is 8.41. The number of anilines is 1. The summed E-state index contributed by atoms with van der Waals surface area (Å²) < 4.78 is 5.25. The van der Waals surface area contributed by atoms with Crippen LogP contribution in [0, 0.1) is 0 Å². The first-order chi connectivity index (χ1) is 11.0. The summed E-state index contributed by atoms with van der Waals surface area (Å²) in [7, 11) is 0. The number of rotatable bonds is 7. The molecule has 0 aliphatic rings. The Bertz CT molecular complexity index is 687. The standard InChI is InChI=1S/C16H16ClNO4S/c1-2-14(23-9-11-4-3-7-22-11)15(19)18-13-8-10(16(20)21)5-6-12(13)17/h3-8,14H,2,9H2,1H3,(H,18,19)(H,20,21). The summed E-state index contributed by atoms with van der Waals surface area (Å²) in [6.45, 7) is 1.91. The van der Waals surface area contributed by atoms with Crippen LogP contribution in [0.1, 0.15) is 29.5 Å². The van der Waals surface area contributed by atoms with Gasteiger partial charge in [-0.05, 0) is 36.8 Å². The molecule has 0 fully saturated rings. The molecule has 0 saturated carbocycles. The van der Waals surface area contributed by atoms with Gasteiger partial charge >= 0.3 is 5.97 Å². The number of hydrogen-bond acceptors (Lipinski definition) is 4. The van der Waals surface area contributed by atoms with Gasteiger partial charge in [0.25, 0.3) is 0 Å². The van der Waals surface area contributed by atoms with Gasteiger partial charge in [0.05, 0.1) is 33.5 Å². The van der Waals surface area contributed by atoms with Gasteiger partial charge in [0.1, 0.15) is 5.76 Å². The van der Waals surface area contributed by atoms with E-state index < -0.39 is 5.97 Å². The number of carboxylic acid groups (broad SMARTS) is 1. The second-order valence-electron chi connectivity index (χ2n) is 4.78. The molecule has 1 heterocycles. The predicted octanol–water partition coefficient (Wildman–Crippen LogP) is 4.28. The van der Waals surface area contributed by atoms with E-state index in [-0.39, 0.29) is 16.7 Å². The van der Waals surface area contributed by atoms with Crippen molar-refractivity contribution in [3.05, 3.63) is 52.9 Å². The molecule has 23 heavy (non-hydrogen) atoms. The quantitative estimate of drug-likeness (QED) is 0.776. The molecule has 2 aromatic rings. The minimum absolute atomic E-state index is 0.0704. The zero-order valence-electron chi connectivity index (χ0n) is 12.4. The van der Waals surface area contributed by atoms with Crippen LogP contribution in [0.15, 0.2) is 41.0 Å². The average molecular weight is 354 g/mol. The van der Waals surface area contributed by atoms with Crippen molar-refractivity contribution in [1.29, 1.82) is 0 Å². The number of carboxylic acids is 1. The summed E-state index contributed by atoms with van der Waals surface area (Å²) >= 11 is 7.48.